The molecule has 4 aliphatic carbocycles. The predicted octanol–water partition coefficient (Wildman–Crippen LogP) is 6.74. The van der Waals surface area contributed by atoms with Gasteiger partial charge in [0.05, 0.1) is 0 Å². The Hall–Kier alpha value is -1.31. The Morgan fingerprint density at radius 3 is 2.38 bits per heavy atom. The molecule has 158 valence electrons. The molecule has 0 spiro atoms. The zero-order valence-electron chi connectivity index (χ0n) is 18.5. The summed E-state index contributed by atoms with van der Waals surface area (Å²) >= 11 is 0. The maximum Gasteiger partial charge on any atom is 0.302 e. The van der Waals surface area contributed by atoms with Gasteiger partial charge in [0, 0.05) is 12.3 Å². The summed E-state index contributed by atoms with van der Waals surface area (Å²) in [5.74, 6) is 4.05. The first-order valence-corrected chi connectivity index (χ1v) is 12.1. The molecule has 0 amide bonds. The van der Waals surface area contributed by atoms with Crippen LogP contribution in [0.5, 0.6) is 0 Å². The Morgan fingerprint density at radius 2 is 1.62 bits per heavy atom. The predicted molar refractivity (Wildman–Crippen MR) is 116 cm³/mol. The molecule has 1 aromatic carbocycles. The molecule has 0 unspecified atom stereocenters. The van der Waals surface area contributed by atoms with Crippen LogP contribution in [0.4, 0.5) is 0 Å². The zero-order chi connectivity index (χ0) is 20.2. The van der Waals surface area contributed by atoms with Gasteiger partial charge in [-0.25, -0.2) is 0 Å². The normalized spacial score (nSPS) is 46.3. The molecule has 4 saturated carbocycles. The maximum absolute atomic E-state index is 11.7. The number of benzene rings is 1. The quantitative estimate of drug-likeness (QED) is 0.519. The maximum atomic E-state index is 11.7. The van der Waals surface area contributed by atoms with E-state index in [1.165, 1.54) is 51.4 Å². The van der Waals surface area contributed by atoms with Crippen LogP contribution in [-0.4, -0.2) is 12.1 Å². The first kappa shape index (κ1) is 19.6. The van der Waals surface area contributed by atoms with Gasteiger partial charge >= 0.3 is 5.97 Å². The van der Waals surface area contributed by atoms with Crippen LogP contribution in [0.2, 0.25) is 0 Å². The third-order valence-corrected chi connectivity index (χ3v) is 10.2. The second-order valence-electron chi connectivity index (χ2n) is 11.3. The molecule has 0 heterocycles. The minimum absolute atomic E-state index is 0.0890. The van der Waals surface area contributed by atoms with Crippen LogP contribution in [0, 0.1) is 34.5 Å². The average Bonchev–Trinajstić information content (AvgIpc) is 3.04. The van der Waals surface area contributed by atoms with E-state index in [1.807, 2.05) is 0 Å². The van der Waals surface area contributed by atoms with Crippen LogP contribution in [-0.2, 0) is 9.53 Å². The molecule has 0 bridgehead atoms. The van der Waals surface area contributed by atoms with E-state index < -0.39 is 0 Å². The summed E-state index contributed by atoms with van der Waals surface area (Å²) in [6, 6.07) is 11.3. The van der Waals surface area contributed by atoms with Gasteiger partial charge in [-0.2, -0.15) is 0 Å². The fraction of sp³-hybridized carbons (Fsp3) is 0.741. The summed E-state index contributed by atoms with van der Waals surface area (Å²) < 4.78 is 5.82. The average molecular weight is 395 g/mol. The van der Waals surface area contributed by atoms with Gasteiger partial charge in [-0.3, -0.25) is 4.79 Å². The highest BCUT2D eigenvalue weighted by Gasteiger charge is 2.61. The number of fused-ring (bicyclic) bond motifs is 5. The van der Waals surface area contributed by atoms with Crippen molar-refractivity contribution in [2.24, 2.45) is 34.5 Å². The Kier molecular flexibility index (Phi) is 4.83. The van der Waals surface area contributed by atoms with Gasteiger partial charge in [0.1, 0.15) is 6.10 Å². The molecule has 2 heteroatoms. The Bertz CT molecular complexity index is 757. The highest BCUT2D eigenvalue weighted by atomic mass is 16.5. The molecule has 0 aliphatic heterocycles. The Balaban J connectivity index is 1.35. The highest BCUT2D eigenvalue weighted by molar-refractivity contribution is 5.66. The standard InChI is InChI=1S/C27H38O2/c1-18(28)29-25-12-11-23-22-10-9-21-17-20(19-7-5-4-6-8-19)13-15-26(21,2)24(22)14-16-27(23,25)3/h4-8,20-25H,9-17H2,1-3H3/t20-,21+,22+,23+,24+,25+,26-,27-/m0/s1. The van der Waals surface area contributed by atoms with E-state index in [-0.39, 0.29) is 17.5 Å². The van der Waals surface area contributed by atoms with Crippen molar-refractivity contribution in [2.45, 2.75) is 90.6 Å². The Morgan fingerprint density at radius 1 is 0.897 bits per heavy atom. The fourth-order valence-electron chi connectivity index (χ4n) is 8.63. The number of hydrogen-bond donors (Lipinski definition) is 0. The van der Waals surface area contributed by atoms with Gasteiger partial charge in [-0.15, -0.1) is 0 Å². The van der Waals surface area contributed by atoms with Crippen LogP contribution in [0.15, 0.2) is 30.3 Å². The van der Waals surface area contributed by atoms with Crippen molar-refractivity contribution in [3.05, 3.63) is 35.9 Å². The topological polar surface area (TPSA) is 26.3 Å². The van der Waals surface area contributed by atoms with Gasteiger partial charge in [-0.1, -0.05) is 44.2 Å². The minimum Gasteiger partial charge on any atom is -0.462 e. The second-order valence-corrected chi connectivity index (χ2v) is 11.3. The van der Waals surface area contributed by atoms with Crippen molar-refractivity contribution >= 4 is 5.97 Å². The van der Waals surface area contributed by atoms with Crippen molar-refractivity contribution in [1.29, 1.82) is 0 Å². The minimum atomic E-state index is -0.0890. The molecule has 0 saturated heterocycles. The number of rotatable bonds is 2. The van der Waals surface area contributed by atoms with Crippen LogP contribution in [0.25, 0.3) is 0 Å². The van der Waals surface area contributed by atoms with Crippen molar-refractivity contribution < 1.29 is 9.53 Å². The Labute approximate surface area is 176 Å². The van der Waals surface area contributed by atoms with E-state index in [0.717, 1.165) is 36.0 Å². The molecule has 4 fully saturated rings. The van der Waals surface area contributed by atoms with Gasteiger partial charge in [0.15, 0.2) is 0 Å². The van der Waals surface area contributed by atoms with Gasteiger partial charge in [-0.05, 0) is 98.4 Å². The third kappa shape index (κ3) is 3.08. The van der Waals surface area contributed by atoms with E-state index in [1.54, 1.807) is 12.5 Å². The van der Waals surface area contributed by atoms with Crippen molar-refractivity contribution in [1.82, 2.24) is 0 Å². The van der Waals surface area contributed by atoms with Crippen molar-refractivity contribution in [3.63, 3.8) is 0 Å². The molecule has 0 aromatic heterocycles. The van der Waals surface area contributed by atoms with E-state index in [0.29, 0.717) is 5.41 Å². The van der Waals surface area contributed by atoms with E-state index in [2.05, 4.69) is 44.2 Å². The number of ether oxygens (including phenoxy) is 1. The summed E-state index contributed by atoms with van der Waals surface area (Å²) in [6.07, 6.45) is 12.1. The van der Waals surface area contributed by atoms with Crippen LogP contribution >= 0.6 is 0 Å². The molecule has 5 rings (SSSR count). The monoisotopic (exact) mass is 394 g/mol. The molecular formula is C27H38O2. The smallest absolute Gasteiger partial charge is 0.302 e. The first-order valence-electron chi connectivity index (χ1n) is 12.1. The number of carbonyl (C=O) groups excluding carboxylic acids is 1. The summed E-state index contributed by atoms with van der Waals surface area (Å²) in [5.41, 5.74) is 2.31. The summed E-state index contributed by atoms with van der Waals surface area (Å²) in [6.45, 7) is 6.67. The van der Waals surface area contributed by atoms with Crippen LogP contribution in [0.3, 0.4) is 0 Å². The summed E-state index contributed by atoms with van der Waals surface area (Å²) in [4.78, 5) is 11.7. The largest absolute Gasteiger partial charge is 0.462 e. The SMILES string of the molecule is CC(=O)O[C@@H]1CC[C@@H]2[C@H]3CC[C@@H]4C[C@@H](c5ccccc5)CC[C@]4(C)[C@@H]3CC[C@@]21C. The van der Waals surface area contributed by atoms with Crippen LogP contribution in [0.1, 0.15) is 90.0 Å². The lowest BCUT2D eigenvalue weighted by molar-refractivity contribution is -0.161. The highest BCUT2D eigenvalue weighted by Crippen LogP contribution is 2.67. The molecule has 4 aliphatic rings. The van der Waals surface area contributed by atoms with Crippen molar-refractivity contribution in [3.8, 4) is 0 Å². The summed E-state index contributed by atoms with van der Waals surface area (Å²) in [5, 5.41) is 0. The van der Waals surface area contributed by atoms with Gasteiger partial charge < -0.3 is 4.74 Å². The molecule has 2 nitrogen and oxygen atoms in total. The fourth-order valence-corrected chi connectivity index (χ4v) is 8.63. The third-order valence-electron chi connectivity index (χ3n) is 10.2. The molecule has 29 heavy (non-hydrogen) atoms. The van der Waals surface area contributed by atoms with E-state index >= 15 is 0 Å². The lowest BCUT2D eigenvalue weighted by Crippen LogP contribution is -2.54. The lowest BCUT2D eigenvalue weighted by Gasteiger charge is -2.61. The number of carbonyl (C=O) groups is 1. The second kappa shape index (κ2) is 7.13. The molecular weight excluding hydrogens is 356 g/mol. The van der Waals surface area contributed by atoms with Crippen molar-refractivity contribution in [2.75, 3.05) is 0 Å². The van der Waals surface area contributed by atoms with Gasteiger partial charge in [0.2, 0.25) is 0 Å². The number of esters is 1. The van der Waals surface area contributed by atoms with E-state index in [4.69, 9.17) is 4.74 Å². The molecule has 1 aromatic rings. The molecule has 8 atom stereocenters. The molecule has 0 N–H and O–H groups in total. The molecule has 0 radical (unpaired) electrons. The van der Waals surface area contributed by atoms with Gasteiger partial charge in [0.25, 0.3) is 0 Å². The number of hydrogen-bond acceptors (Lipinski definition) is 2. The zero-order valence-corrected chi connectivity index (χ0v) is 18.5. The van der Waals surface area contributed by atoms with E-state index in [9.17, 15) is 4.79 Å². The van der Waals surface area contributed by atoms with Crippen LogP contribution < -0.4 is 0 Å². The first-order chi connectivity index (χ1) is 13.9. The lowest BCUT2D eigenvalue weighted by atomic mass is 9.44. The summed E-state index contributed by atoms with van der Waals surface area (Å²) in [7, 11) is 0.